The number of carbonyl (C=O) groups excluding carboxylic acids is 2. The molecule has 0 aromatic heterocycles. The number of nitrogens with one attached hydrogen (secondary N) is 2. The third-order valence-electron chi connectivity index (χ3n) is 3.01. The Balaban J connectivity index is 2.73. The molecule has 1 saturated heterocycles. The first-order chi connectivity index (χ1) is 8.01. The summed E-state index contributed by atoms with van der Waals surface area (Å²) in [7, 11) is -2.89. The van der Waals surface area contributed by atoms with Crippen LogP contribution in [0, 0.1) is 0 Å². The number of rotatable bonds is 4. The van der Waals surface area contributed by atoms with Crippen molar-refractivity contribution in [3.8, 4) is 0 Å². The number of amides is 2. The molecule has 0 aromatic carbocycles. The molecule has 0 radical (unpaired) electrons. The Kier molecular flexibility index (Phi) is 4.72. The van der Waals surface area contributed by atoms with Gasteiger partial charge < -0.3 is 10.6 Å². The lowest BCUT2D eigenvalue weighted by Gasteiger charge is -2.39. The van der Waals surface area contributed by atoms with Gasteiger partial charge in [0.05, 0.1) is 16.1 Å². The lowest BCUT2D eigenvalue weighted by atomic mass is 10.3. The minimum atomic E-state index is -1.44. The van der Waals surface area contributed by atoms with Crippen molar-refractivity contribution in [1.82, 2.24) is 10.6 Å². The van der Waals surface area contributed by atoms with E-state index in [2.05, 4.69) is 49.9 Å². The van der Waals surface area contributed by atoms with Crippen molar-refractivity contribution in [3.63, 3.8) is 0 Å². The topological polar surface area (TPSA) is 58.2 Å². The van der Waals surface area contributed by atoms with Crippen LogP contribution in [0.1, 0.15) is 0 Å². The Bertz CT molecular complexity index is 336. The Morgan fingerprint density at radius 3 is 2.11 bits per heavy atom. The molecular weight excluding hydrogens is 280 g/mol. The fraction of sp³-hybridized carbons (Fsp3) is 0.818. The number of carbonyl (C=O) groups is 2. The summed E-state index contributed by atoms with van der Waals surface area (Å²) < 4.78 is 0. The Morgan fingerprint density at radius 2 is 1.78 bits per heavy atom. The predicted octanol–water partition coefficient (Wildman–Crippen LogP) is 2.05. The van der Waals surface area contributed by atoms with Crippen LogP contribution >= 0.6 is 11.8 Å². The molecule has 18 heavy (non-hydrogen) atoms. The highest BCUT2D eigenvalue weighted by Gasteiger charge is 2.40. The second-order valence-electron chi connectivity index (χ2n) is 6.97. The molecule has 1 aliphatic heterocycles. The van der Waals surface area contributed by atoms with Gasteiger partial charge >= 0.3 is 0 Å². The van der Waals surface area contributed by atoms with Crippen molar-refractivity contribution >= 4 is 39.1 Å². The third-order valence-corrected chi connectivity index (χ3v) is 12.8. The first-order valence-corrected chi connectivity index (χ1v) is 14.4. The maximum atomic E-state index is 12.2. The predicted molar refractivity (Wildman–Crippen MR) is 83.4 cm³/mol. The highest BCUT2D eigenvalue weighted by atomic mass is 32.2. The molecule has 0 spiro atoms. The minimum Gasteiger partial charge on any atom is -0.357 e. The first-order valence-electron chi connectivity index (χ1n) is 6.25. The van der Waals surface area contributed by atoms with Crippen molar-refractivity contribution < 1.29 is 9.59 Å². The van der Waals surface area contributed by atoms with Crippen LogP contribution in [-0.4, -0.2) is 44.4 Å². The maximum Gasteiger partial charge on any atom is 0.279 e. The summed E-state index contributed by atoms with van der Waals surface area (Å²) in [5.74, 6) is 0.539. The lowest BCUT2D eigenvalue weighted by Crippen LogP contribution is -2.65. The van der Waals surface area contributed by atoms with Crippen LogP contribution in [0.2, 0.25) is 39.3 Å². The van der Waals surface area contributed by atoms with E-state index in [9.17, 15) is 9.59 Å². The number of hydrogen-bond donors (Lipinski definition) is 2. The van der Waals surface area contributed by atoms with Crippen molar-refractivity contribution in [3.05, 3.63) is 0 Å². The van der Waals surface area contributed by atoms with Crippen molar-refractivity contribution in [2.75, 3.05) is 5.75 Å². The van der Waals surface area contributed by atoms with E-state index in [1.54, 1.807) is 0 Å². The zero-order valence-corrected chi connectivity index (χ0v) is 14.9. The normalized spacial score (nSPS) is 21.1. The van der Waals surface area contributed by atoms with Crippen LogP contribution in [0.15, 0.2) is 0 Å². The average molecular weight is 305 g/mol. The van der Waals surface area contributed by atoms with Crippen molar-refractivity contribution in [2.45, 2.75) is 50.6 Å². The average Bonchev–Trinajstić information content (AvgIpc) is 2.57. The third kappa shape index (κ3) is 4.13. The van der Waals surface area contributed by atoms with E-state index in [0.29, 0.717) is 11.0 Å². The quantitative estimate of drug-likeness (QED) is 0.782. The molecule has 1 fully saturated rings. The van der Waals surface area contributed by atoms with Gasteiger partial charge in [-0.2, -0.15) is 0 Å². The van der Waals surface area contributed by atoms with Gasteiger partial charge in [-0.15, -0.1) is 0 Å². The summed E-state index contributed by atoms with van der Waals surface area (Å²) in [6, 6.07) is -0.349. The second kappa shape index (κ2) is 5.38. The molecule has 0 saturated carbocycles. The van der Waals surface area contributed by atoms with Gasteiger partial charge in [0.2, 0.25) is 5.91 Å². The van der Waals surface area contributed by atoms with Gasteiger partial charge in [-0.3, -0.25) is 9.59 Å². The van der Waals surface area contributed by atoms with Crippen molar-refractivity contribution in [1.29, 1.82) is 0 Å². The molecule has 0 unspecified atom stereocenters. The van der Waals surface area contributed by atoms with Gasteiger partial charge in [-0.25, -0.2) is 0 Å². The molecular formula is C11H24N2O2SSi2. The van der Waals surface area contributed by atoms with E-state index in [-0.39, 0.29) is 17.2 Å². The highest BCUT2D eigenvalue weighted by molar-refractivity contribution is 8.14. The van der Waals surface area contributed by atoms with Crippen LogP contribution < -0.4 is 10.6 Å². The summed E-state index contributed by atoms with van der Waals surface area (Å²) >= 11 is 1.19. The van der Waals surface area contributed by atoms with E-state index in [0.717, 1.165) is 0 Å². The molecule has 1 aliphatic rings. The van der Waals surface area contributed by atoms with Crippen LogP contribution in [0.4, 0.5) is 4.79 Å². The van der Waals surface area contributed by atoms with Gasteiger partial charge in [0.1, 0.15) is 6.04 Å². The van der Waals surface area contributed by atoms with E-state index >= 15 is 0 Å². The molecule has 0 aromatic rings. The van der Waals surface area contributed by atoms with Crippen LogP contribution in [-0.2, 0) is 4.79 Å². The molecule has 1 rings (SSSR count). The summed E-state index contributed by atoms with van der Waals surface area (Å²) in [5, 5.41) is 6.16. The molecule has 104 valence electrons. The van der Waals surface area contributed by atoms with E-state index in [1.807, 2.05) is 0 Å². The molecule has 1 heterocycles. The summed E-state index contributed by atoms with van der Waals surface area (Å²) in [6.07, 6.45) is 0. The number of thioether (sulfide) groups is 1. The fourth-order valence-electron chi connectivity index (χ4n) is 2.50. The SMILES string of the molecule is C[Si](C)(C)C(NC(=O)[C@@H]1CSC(=O)N1)[Si](C)(C)C. The number of hydrogen-bond acceptors (Lipinski definition) is 3. The van der Waals surface area contributed by atoms with Gasteiger partial charge in [0, 0.05) is 11.0 Å². The van der Waals surface area contributed by atoms with Crippen LogP contribution in [0.3, 0.4) is 0 Å². The Morgan fingerprint density at radius 1 is 1.28 bits per heavy atom. The zero-order valence-electron chi connectivity index (χ0n) is 12.1. The van der Waals surface area contributed by atoms with Gasteiger partial charge in [-0.1, -0.05) is 51.0 Å². The summed E-state index contributed by atoms with van der Waals surface area (Å²) in [6.45, 7) is 13.7. The van der Waals surface area contributed by atoms with E-state index in [1.165, 1.54) is 11.8 Å². The maximum absolute atomic E-state index is 12.2. The van der Waals surface area contributed by atoms with Crippen molar-refractivity contribution in [2.24, 2.45) is 0 Å². The summed E-state index contributed by atoms with van der Waals surface area (Å²) in [4.78, 5) is 23.3. The van der Waals surface area contributed by atoms with E-state index < -0.39 is 16.1 Å². The second-order valence-corrected chi connectivity index (χ2v) is 19.2. The Hall–Kier alpha value is -0.276. The largest absolute Gasteiger partial charge is 0.357 e. The molecule has 0 aliphatic carbocycles. The molecule has 2 amide bonds. The smallest absolute Gasteiger partial charge is 0.279 e. The standard InChI is InChI=1S/C11H24N2O2SSi2/c1-17(2,3)11(18(4,5)6)13-9(14)8-7-16-10(15)12-8/h8,11H,7H2,1-6H3,(H,12,15)(H,13,14)/t8-/m0/s1. The molecule has 2 N–H and O–H groups in total. The van der Waals surface area contributed by atoms with E-state index in [4.69, 9.17) is 0 Å². The zero-order chi connectivity index (χ0) is 14.1. The molecule has 0 bridgehead atoms. The lowest BCUT2D eigenvalue weighted by molar-refractivity contribution is -0.122. The molecule has 7 heteroatoms. The van der Waals surface area contributed by atoms with Gasteiger partial charge in [0.25, 0.3) is 5.24 Å². The Labute approximate surface area is 116 Å². The van der Waals surface area contributed by atoms with Gasteiger partial charge in [0.15, 0.2) is 0 Å². The molecule has 4 nitrogen and oxygen atoms in total. The summed E-state index contributed by atoms with van der Waals surface area (Å²) in [5.41, 5.74) is 0. The first kappa shape index (κ1) is 15.8. The van der Waals surface area contributed by atoms with Crippen LogP contribution in [0.25, 0.3) is 0 Å². The fourth-order valence-corrected chi connectivity index (χ4v) is 14.8. The van der Waals surface area contributed by atoms with Gasteiger partial charge in [-0.05, 0) is 0 Å². The highest BCUT2D eigenvalue weighted by Crippen LogP contribution is 2.20. The monoisotopic (exact) mass is 304 g/mol. The molecule has 1 atom stereocenters. The minimum absolute atomic E-state index is 0.0109. The van der Waals surface area contributed by atoms with Crippen LogP contribution in [0.5, 0.6) is 0 Å².